The molecule has 0 amide bonds. The first kappa shape index (κ1) is 16.3. The molecule has 2 rings (SSSR count). The van der Waals surface area contributed by atoms with Gasteiger partial charge in [0.15, 0.2) is 5.78 Å². The van der Waals surface area contributed by atoms with E-state index in [-0.39, 0.29) is 17.4 Å². The molecule has 2 aromatic carbocycles. The molecular formula is C19H20F2O. The minimum Gasteiger partial charge on any atom is -0.298 e. The van der Waals surface area contributed by atoms with Crippen LogP contribution in [0.25, 0.3) is 0 Å². The van der Waals surface area contributed by atoms with Gasteiger partial charge in [0, 0.05) is 10.8 Å². The number of hydrogen-bond donors (Lipinski definition) is 0. The fourth-order valence-electron chi connectivity index (χ4n) is 2.78. The van der Waals surface area contributed by atoms with Crippen molar-refractivity contribution in [1.82, 2.24) is 0 Å². The van der Waals surface area contributed by atoms with Crippen molar-refractivity contribution in [2.24, 2.45) is 0 Å². The van der Waals surface area contributed by atoms with E-state index in [1.807, 2.05) is 27.7 Å². The fourth-order valence-corrected chi connectivity index (χ4v) is 2.78. The van der Waals surface area contributed by atoms with Gasteiger partial charge in [-0.1, -0.05) is 24.3 Å². The van der Waals surface area contributed by atoms with Gasteiger partial charge in [-0.05, 0) is 63.1 Å². The summed E-state index contributed by atoms with van der Waals surface area (Å²) in [5.74, 6) is -0.659. The molecule has 0 aliphatic rings. The minimum absolute atomic E-state index is 0.00165. The maximum Gasteiger partial charge on any atom is 0.152 e. The summed E-state index contributed by atoms with van der Waals surface area (Å²) in [7, 11) is 0. The van der Waals surface area contributed by atoms with Crippen LogP contribution >= 0.6 is 0 Å². The topological polar surface area (TPSA) is 17.1 Å². The Balaban J connectivity index is 2.39. The molecule has 0 unspecified atom stereocenters. The summed E-state index contributed by atoms with van der Waals surface area (Å²) in [6.45, 7) is 7.31. The Labute approximate surface area is 130 Å². The van der Waals surface area contributed by atoms with E-state index in [0.717, 1.165) is 11.1 Å². The van der Waals surface area contributed by atoms with Crippen LogP contribution in [0.4, 0.5) is 8.78 Å². The largest absolute Gasteiger partial charge is 0.298 e. The summed E-state index contributed by atoms with van der Waals surface area (Å²) in [5.41, 5.74) is -0.0276. The van der Waals surface area contributed by atoms with Gasteiger partial charge in [-0.3, -0.25) is 4.79 Å². The van der Waals surface area contributed by atoms with Crippen LogP contribution in [0.1, 0.15) is 38.8 Å². The molecule has 0 fully saturated rings. The van der Waals surface area contributed by atoms with Crippen LogP contribution in [0.3, 0.4) is 0 Å². The molecule has 0 saturated carbocycles. The molecule has 0 saturated heterocycles. The van der Waals surface area contributed by atoms with Crippen molar-refractivity contribution in [3.63, 3.8) is 0 Å². The summed E-state index contributed by atoms with van der Waals surface area (Å²) < 4.78 is 26.2. The summed E-state index contributed by atoms with van der Waals surface area (Å²) in [6.07, 6.45) is 0. The molecule has 22 heavy (non-hydrogen) atoms. The highest BCUT2D eigenvalue weighted by atomic mass is 19.1. The normalized spacial score (nSPS) is 12.3. The molecule has 1 nitrogen and oxygen atoms in total. The van der Waals surface area contributed by atoms with Crippen LogP contribution in [0, 0.1) is 11.6 Å². The van der Waals surface area contributed by atoms with Crippen molar-refractivity contribution in [3.8, 4) is 0 Å². The first-order valence-corrected chi connectivity index (χ1v) is 7.22. The van der Waals surface area contributed by atoms with E-state index < -0.39 is 10.8 Å². The SMILES string of the molecule is CC(C)(C(=O)C(C)(C)c1ccc(F)cc1)c1ccc(F)cc1. The van der Waals surface area contributed by atoms with E-state index in [2.05, 4.69) is 0 Å². The van der Waals surface area contributed by atoms with E-state index in [0.29, 0.717) is 0 Å². The zero-order valence-electron chi connectivity index (χ0n) is 13.3. The molecule has 0 heterocycles. The molecule has 0 N–H and O–H groups in total. The van der Waals surface area contributed by atoms with Gasteiger partial charge in [0.25, 0.3) is 0 Å². The van der Waals surface area contributed by atoms with Gasteiger partial charge in [0.05, 0.1) is 0 Å². The van der Waals surface area contributed by atoms with Crippen LogP contribution in [0.5, 0.6) is 0 Å². The Hall–Kier alpha value is -2.03. The second-order valence-electron chi connectivity index (χ2n) is 6.59. The van der Waals surface area contributed by atoms with Gasteiger partial charge in [-0.15, -0.1) is 0 Å². The lowest BCUT2D eigenvalue weighted by Gasteiger charge is -2.34. The molecule has 0 aromatic heterocycles. The van der Waals surface area contributed by atoms with E-state index >= 15 is 0 Å². The Morgan fingerprint density at radius 1 is 0.682 bits per heavy atom. The number of ketones is 1. The second kappa shape index (κ2) is 5.64. The summed E-state index contributed by atoms with van der Waals surface area (Å²) in [4.78, 5) is 13.1. The average molecular weight is 302 g/mol. The highest BCUT2D eigenvalue weighted by molar-refractivity contribution is 5.97. The Bertz CT molecular complexity index is 608. The van der Waals surface area contributed by atoms with Gasteiger partial charge in [0.1, 0.15) is 11.6 Å². The van der Waals surface area contributed by atoms with Crippen LogP contribution in [0.2, 0.25) is 0 Å². The van der Waals surface area contributed by atoms with Crippen LogP contribution in [-0.2, 0) is 15.6 Å². The Kier molecular flexibility index (Phi) is 4.19. The van der Waals surface area contributed by atoms with Crippen molar-refractivity contribution in [3.05, 3.63) is 71.3 Å². The number of Topliss-reactive ketones (excluding diaryl/α,β-unsaturated/α-hetero) is 1. The third-order valence-corrected chi connectivity index (χ3v) is 4.27. The van der Waals surface area contributed by atoms with Crippen molar-refractivity contribution in [2.75, 3.05) is 0 Å². The standard InChI is InChI=1S/C19H20F2O/c1-18(2,13-5-9-15(20)10-6-13)17(22)19(3,4)14-7-11-16(21)12-8-14/h5-12H,1-4H3. The van der Waals surface area contributed by atoms with Crippen molar-refractivity contribution in [2.45, 2.75) is 38.5 Å². The number of halogens is 2. The fraction of sp³-hybridized carbons (Fsp3) is 0.316. The second-order valence-corrected chi connectivity index (χ2v) is 6.59. The smallest absolute Gasteiger partial charge is 0.152 e. The first-order valence-electron chi connectivity index (χ1n) is 7.22. The average Bonchev–Trinajstić information content (AvgIpc) is 2.47. The minimum atomic E-state index is -0.772. The van der Waals surface area contributed by atoms with E-state index in [1.165, 1.54) is 24.3 Å². The number of carbonyl (C=O) groups is 1. The lowest BCUT2D eigenvalue weighted by atomic mass is 9.67. The van der Waals surface area contributed by atoms with Gasteiger partial charge in [-0.2, -0.15) is 0 Å². The summed E-state index contributed by atoms with van der Waals surface area (Å²) in [5, 5.41) is 0. The molecule has 0 aliphatic carbocycles. The number of carbonyl (C=O) groups excluding carboxylic acids is 1. The van der Waals surface area contributed by atoms with Gasteiger partial charge < -0.3 is 0 Å². The Morgan fingerprint density at radius 3 is 1.23 bits per heavy atom. The highest BCUT2D eigenvalue weighted by Gasteiger charge is 2.41. The van der Waals surface area contributed by atoms with E-state index in [9.17, 15) is 13.6 Å². The lowest BCUT2D eigenvalue weighted by molar-refractivity contribution is -0.128. The molecule has 116 valence electrons. The van der Waals surface area contributed by atoms with Gasteiger partial charge in [-0.25, -0.2) is 8.78 Å². The van der Waals surface area contributed by atoms with Crippen molar-refractivity contribution >= 4 is 5.78 Å². The lowest BCUT2D eigenvalue weighted by Crippen LogP contribution is -2.42. The molecular weight excluding hydrogens is 282 g/mol. The molecule has 2 aromatic rings. The molecule has 0 aliphatic heterocycles. The van der Waals surface area contributed by atoms with Gasteiger partial charge >= 0.3 is 0 Å². The third kappa shape index (κ3) is 2.94. The number of hydrogen-bond acceptors (Lipinski definition) is 1. The van der Waals surface area contributed by atoms with Crippen molar-refractivity contribution in [1.29, 1.82) is 0 Å². The molecule has 3 heteroatoms. The van der Waals surface area contributed by atoms with Gasteiger partial charge in [0.2, 0.25) is 0 Å². The monoisotopic (exact) mass is 302 g/mol. The predicted octanol–water partition coefficient (Wildman–Crippen LogP) is 4.79. The Morgan fingerprint density at radius 2 is 0.955 bits per heavy atom. The molecule has 0 atom stereocenters. The number of benzene rings is 2. The van der Waals surface area contributed by atoms with Crippen LogP contribution in [0.15, 0.2) is 48.5 Å². The summed E-state index contributed by atoms with van der Waals surface area (Å²) in [6, 6.07) is 12.0. The molecule has 0 bridgehead atoms. The third-order valence-electron chi connectivity index (χ3n) is 4.27. The predicted molar refractivity (Wildman–Crippen MR) is 83.9 cm³/mol. The zero-order valence-corrected chi connectivity index (χ0v) is 13.3. The number of rotatable bonds is 4. The first-order chi connectivity index (χ1) is 10.2. The van der Waals surface area contributed by atoms with E-state index in [1.54, 1.807) is 24.3 Å². The van der Waals surface area contributed by atoms with Crippen LogP contribution in [-0.4, -0.2) is 5.78 Å². The van der Waals surface area contributed by atoms with Crippen LogP contribution < -0.4 is 0 Å². The van der Waals surface area contributed by atoms with E-state index in [4.69, 9.17) is 0 Å². The maximum absolute atomic E-state index is 13.1. The van der Waals surface area contributed by atoms with Crippen molar-refractivity contribution < 1.29 is 13.6 Å². The molecule has 0 spiro atoms. The molecule has 0 radical (unpaired) electrons. The zero-order chi connectivity index (χ0) is 16.5. The highest BCUT2D eigenvalue weighted by Crippen LogP contribution is 2.35. The quantitative estimate of drug-likeness (QED) is 0.793. The summed E-state index contributed by atoms with van der Waals surface area (Å²) >= 11 is 0. The maximum atomic E-state index is 13.1.